The van der Waals surface area contributed by atoms with Crippen LogP contribution in [0, 0.1) is 11.7 Å². The van der Waals surface area contributed by atoms with E-state index in [-0.39, 0.29) is 11.9 Å². The highest BCUT2D eigenvalue weighted by Gasteiger charge is 2.27. The Kier molecular flexibility index (Phi) is 6.00. The largest absolute Gasteiger partial charge is 0.494 e. The Hall–Kier alpha value is -1.13. The summed E-state index contributed by atoms with van der Waals surface area (Å²) in [5.74, 6) is 0.570. The Morgan fingerprint density at radius 3 is 2.62 bits per heavy atom. The summed E-state index contributed by atoms with van der Waals surface area (Å²) in [5, 5.41) is 3.39. The van der Waals surface area contributed by atoms with Gasteiger partial charge in [-0.25, -0.2) is 4.39 Å². The van der Waals surface area contributed by atoms with Gasteiger partial charge in [-0.05, 0) is 30.0 Å². The Balaban J connectivity index is 2.27. The number of hydrogen-bond donors (Lipinski definition) is 1. The number of methoxy groups -OCH3 is 1. The normalized spacial score (nSPS) is 19.2. The van der Waals surface area contributed by atoms with Crippen LogP contribution in [0.2, 0.25) is 0 Å². The van der Waals surface area contributed by atoms with E-state index in [1.165, 1.54) is 7.11 Å². The standard InChI is InChI=1S/C17H27FN2O/c1-4-5-13(2)17(20-10-8-19-9-11-20)14-6-7-16(21-3)15(18)12-14/h6-7,12-13,17,19H,4-5,8-11H2,1-3H3/t13?,17-/m1/s1. The lowest BCUT2D eigenvalue weighted by Crippen LogP contribution is -2.46. The zero-order valence-electron chi connectivity index (χ0n) is 13.4. The van der Waals surface area contributed by atoms with Crippen LogP contribution in [-0.4, -0.2) is 38.2 Å². The van der Waals surface area contributed by atoms with Crippen molar-refractivity contribution >= 4 is 0 Å². The van der Waals surface area contributed by atoms with E-state index >= 15 is 0 Å². The SMILES string of the molecule is CCCC(C)[C@H](c1ccc(OC)c(F)c1)N1CCNCC1. The van der Waals surface area contributed by atoms with E-state index < -0.39 is 0 Å². The van der Waals surface area contributed by atoms with E-state index in [0.29, 0.717) is 11.7 Å². The van der Waals surface area contributed by atoms with Crippen molar-refractivity contribution in [1.29, 1.82) is 0 Å². The monoisotopic (exact) mass is 294 g/mol. The molecule has 1 unspecified atom stereocenters. The highest BCUT2D eigenvalue weighted by Crippen LogP contribution is 2.33. The first-order valence-electron chi connectivity index (χ1n) is 7.95. The maximum Gasteiger partial charge on any atom is 0.165 e. The summed E-state index contributed by atoms with van der Waals surface area (Å²) in [6, 6.07) is 5.70. The lowest BCUT2D eigenvalue weighted by Gasteiger charge is -2.38. The van der Waals surface area contributed by atoms with E-state index in [4.69, 9.17) is 4.74 Å². The van der Waals surface area contributed by atoms with Gasteiger partial charge in [0.15, 0.2) is 11.6 Å². The van der Waals surface area contributed by atoms with Crippen molar-refractivity contribution in [3.8, 4) is 5.75 Å². The number of nitrogens with zero attached hydrogens (tertiary/aromatic N) is 1. The molecule has 1 aliphatic rings. The van der Waals surface area contributed by atoms with Gasteiger partial charge in [0.05, 0.1) is 7.11 Å². The molecule has 0 aliphatic carbocycles. The zero-order chi connectivity index (χ0) is 15.2. The molecule has 1 heterocycles. The van der Waals surface area contributed by atoms with E-state index in [2.05, 4.69) is 24.1 Å². The molecule has 2 atom stereocenters. The molecule has 118 valence electrons. The van der Waals surface area contributed by atoms with E-state index in [0.717, 1.165) is 44.6 Å². The van der Waals surface area contributed by atoms with Crippen LogP contribution >= 0.6 is 0 Å². The van der Waals surface area contributed by atoms with E-state index in [9.17, 15) is 4.39 Å². The molecule has 1 aromatic rings. The summed E-state index contributed by atoms with van der Waals surface area (Å²) in [5.41, 5.74) is 1.07. The summed E-state index contributed by atoms with van der Waals surface area (Å²) in [7, 11) is 1.51. The number of benzene rings is 1. The summed E-state index contributed by atoms with van der Waals surface area (Å²) < 4.78 is 19.1. The summed E-state index contributed by atoms with van der Waals surface area (Å²) in [6.07, 6.45) is 2.31. The van der Waals surface area contributed by atoms with Crippen molar-refractivity contribution in [2.45, 2.75) is 32.7 Å². The zero-order valence-corrected chi connectivity index (χ0v) is 13.4. The number of nitrogens with one attached hydrogen (secondary N) is 1. The van der Waals surface area contributed by atoms with Crippen LogP contribution in [0.15, 0.2) is 18.2 Å². The van der Waals surface area contributed by atoms with Crippen LogP contribution in [0.1, 0.15) is 38.3 Å². The third-order valence-corrected chi connectivity index (χ3v) is 4.35. The molecular formula is C17H27FN2O. The second kappa shape index (κ2) is 7.76. The minimum absolute atomic E-state index is 0.265. The van der Waals surface area contributed by atoms with Crippen LogP contribution in [0.4, 0.5) is 4.39 Å². The maximum absolute atomic E-state index is 14.1. The van der Waals surface area contributed by atoms with Gasteiger partial charge < -0.3 is 10.1 Å². The van der Waals surface area contributed by atoms with Crippen molar-refractivity contribution in [3.05, 3.63) is 29.6 Å². The first-order chi connectivity index (χ1) is 10.2. The molecule has 2 rings (SSSR count). The fourth-order valence-corrected chi connectivity index (χ4v) is 3.34. The number of hydrogen-bond acceptors (Lipinski definition) is 3. The molecule has 1 fully saturated rings. The molecule has 0 spiro atoms. The van der Waals surface area contributed by atoms with Gasteiger partial charge in [0, 0.05) is 32.2 Å². The fraction of sp³-hybridized carbons (Fsp3) is 0.647. The van der Waals surface area contributed by atoms with Crippen LogP contribution < -0.4 is 10.1 Å². The molecule has 1 saturated heterocycles. The molecule has 4 heteroatoms. The summed E-state index contributed by atoms with van der Waals surface area (Å²) in [6.45, 7) is 8.54. The van der Waals surface area contributed by atoms with Gasteiger partial charge in [-0.1, -0.05) is 26.3 Å². The van der Waals surface area contributed by atoms with Crippen LogP contribution in [-0.2, 0) is 0 Å². The molecule has 1 N–H and O–H groups in total. The molecule has 1 aromatic carbocycles. The minimum atomic E-state index is -0.265. The average molecular weight is 294 g/mol. The number of piperazine rings is 1. The number of rotatable bonds is 6. The topological polar surface area (TPSA) is 24.5 Å². The molecule has 0 amide bonds. The third-order valence-electron chi connectivity index (χ3n) is 4.35. The van der Waals surface area contributed by atoms with Gasteiger partial charge >= 0.3 is 0 Å². The third kappa shape index (κ3) is 3.95. The first kappa shape index (κ1) is 16.2. The highest BCUT2D eigenvalue weighted by atomic mass is 19.1. The molecule has 0 radical (unpaired) electrons. The number of ether oxygens (including phenoxy) is 1. The second-order valence-corrected chi connectivity index (χ2v) is 5.89. The Morgan fingerprint density at radius 1 is 1.33 bits per heavy atom. The molecule has 0 bridgehead atoms. The minimum Gasteiger partial charge on any atom is -0.494 e. The first-order valence-corrected chi connectivity index (χ1v) is 7.95. The Bertz CT molecular complexity index is 446. The second-order valence-electron chi connectivity index (χ2n) is 5.89. The van der Waals surface area contributed by atoms with Gasteiger partial charge in [0.2, 0.25) is 0 Å². The van der Waals surface area contributed by atoms with Crippen molar-refractivity contribution in [3.63, 3.8) is 0 Å². The van der Waals surface area contributed by atoms with Gasteiger partial charge in [0.25, 0.3) is 0 Å². The van der Waals surface area contributed by atoms with E-state index in [1.807, 2.05) is 6.07 Å². The van der Waals surface area contributed by atoms with Crippen LogP contribution in [0.5, 0.6) is 5.75 Å². The average Bonchev–Trinajstić information content (AvgIpc) is 2.49. The highest BCUT2D eigenvalue weighted by molar-refractivity contribution is 5.31. The maximum atomic E-state index is 14.1. The van der Waals surface area contributed by atoms with E-state index in [1.54, 1.807) is 12.1 Å². The molecule has 0 aromatic heterocycles. The molecule has 1 aliphatic heterocycles. The van der Waals surface area contributed by atoms with Crippen molar-refractivity contribution in [2.75, 3.05) is 33.3 Å². The lowest BCUT2D eigenvalue weighted by molar-refractivity contribution is 0.125. The Labute approximate surface area is 127 Å². The quantitative estimate of drug-likeness (QED) is 0.872. The predicted octanol–water partition coefficient (Wildman–Crippen LogP) is 3.22. The van der Waals surface area contributed by atoms with Gasteiger partial charge in [-0.15, -0.1) is 0 Å². The van der Waals surface area contributed by atoms with Crippen molar-refractivity contribution in [2.24, 2.45) is 5.92 Å². The number of halogens is 1. The lowest BCUT2D eigenvalue weighted by atomic mass is 9.89. The van der Waals surface area contributed by atoms with Gasteiger partial charge in [-0.3, -0.25) is 4.90 Å². The fourth-order valence-electron chi connectivity index (χ4n) is 3.34. The molecule has 0 saturated carbocycles. The summed E-state index contributed by atoms with van der Waals surface area (Å²) >= 11 is 0. The van der Waals surface area contributed by atoms with Gasteiger partial charge in [0.1, 0.15) is 0 Å². The van der Waals surface area contributed by atoms with Crippen molar-refractivity contribution in [1.82, 2.24) is 10.2 Å². The van der Waals surface area contributed by atoms with Crippen LogP contribution in [0.25, 0.3) is 0 Å². The van der Waals surface area contributed by atoms with Gasteiger partial charge in [-0.2, -0.15) is 0 Å². The Morgan fingerprint density at radius 2 is 2.05 bits per heavy atom. The molecular weight excluding hydrogens is 267 g/mol. The summed E-state index contributed by atoms with van der Waals surface area (Å²) in [4.78, 5) is 2.48. The smallest absolute Gasteiger partial charge is 0.165 e. The molecule has 3 nitrogen and oxygen atoms in total. The predicted molar refractivity (Wildman–Crippen MR) is 84.2 cm³/mol. The van der Waals surface area contributed by atoms with Crippen LogP contribution in [0.3, 0.4) is 0 Å². The van der Waals surface area contributed by atoms with Crippen molar-refractivity contribution < 1.29 is 9.13 Å². The molecule has 21 heavy (non-hydrogen) atoms.